The van der Waals surface area contributed by atoms with Gasteiger partial charge < -0.3 is 4.74 Å². The van der Waals surface area contributed by atoms with E-state index in [0.29, 0.717) is 34.6 Å². The second-order valence-electron chi connectivity index (χ2n) is 6.25. The Bertz CT molecular complexity index is 1080. The van der Waals surface area contributed by atoms with E-state index in [9.17, 15) is 9.59 Å². The molecule has 0 amide bonds. The largest absolute Gasteiger partial charge is 0.483 e. The summed E-state index contributed by atoms with van der Waals surface area (Å²) >= 11 is 0. The molecular weight excluding hydrogens is 330 g/mol. The van der Waals surface area contributed by atoms with Gasteiger partial charge in [0.05, 0.1) is 17.5 Å². The van der Waals surface area contributed by atoms with Gasteiger partial charge in [-0.1, -0.05) is 47.7 Å². The second kappa shape index (κ2) is 5.49. The zero-order valence-electron chi connectivity index (χ0n) is 13.6. The van der Waals surface area contributed by atoms with Crippen molar-refractivity contribution in [1.82, 2.24) is 15.0 Å². The maximum atomic E-state index is 12.4. The number of benzene rings is 2. The van der Waals surface area contributed by atoms with Gasteiger partial charge in [0.2, 0.25) is 11.6 Å². The van der Waals surface area contributed by atoms with Crippen molar-refractivity contribution < 1.29 is 14.3 Å². The summed E-state index contributed by atoms with van der Waals surface area (Å²) in [6.07, 6.45) is 1.68. The molecule has 6 nitrogen and oxygen atoms in total. The number of fused-ring (bicyclic) bond motifs is 2. The Morgan fingerprint density at radius 2 is 1.65 bits per heavy atom. The van der Waals surface area contributed by atoms with E-state index in [-0.39, 0.29) is 0 Å². The topological polar surface area (TPSA) is 74.1 Å². The first kappa shape index (κ1) is 14.8. The standard InChI is InChI=1S/C20H13N3O3/c24-18-13-8-4-5-9-14(13)20-15(19(18)25)10-17(26-20)16-11-23(22-21-16)12-6-2-1-3-7-12/h1-9,11,17H,10H2. The van der Waals surface area contributed by atoms with Crippen LogP contribution in [0.5, 0.6) is 0 Å². The molecule has 0 spiro atoms. The van der Waals surface area contributed by atoms with Crippen LogP contribution in [-0.4, -0.2) is 26.6 Å². The molecule has 0 saturated carbocycles. The number of aromatic nitrogens is 3. The van der Waals surface area contributed by atoms with Gasteiger partial charge in [0.15, 0.2) is 0 Å². The lowest BCUT2D eigenvalue weighted by molar-refractivity contribution is -0.112. The van der Waals surface area contributed by atoms with Gasteiger partial charge in [0, 0.05) is 17.5 Å². The van der Waals surface area contributed by atoms with Gasteiger partial charge in [0.25, 0.3) is 0 Å². The van der Waals surface area contributed by atoms with Crippen LogP contribution in [0, 0.1) is 0 Å². The van der Waals surface area contributed by atoms with Crippen LogP contribution in [-0.2, 0) is 9.53 Å². The molecule has 1 aliphatic heterocycles. The summed E-state index contributed by atoms with van der Waals surface area (Å²) in [5, 5.41) is 8.34. The number of Topliss-reactive ketones (excluding diaryl/α,β-unsaturated/α-hetero) is 2. The predicted octanol–water partition coefficient (Wildman–Crippen LogP) is 2.91. The number of rotatable bonds is 2. The fourth-order valence-corrected chi connectivity index (χ4v) is 3.39. The number of hydrogen-bond acceptors (Lipinski definition) is 5. The molecule has 5 rings (SSSR count). The molecule has 1 aliphatic carbocycles. The van der Waals surface area contributed by atoms with Crippen molar-refractivity contribution in [2.24, 2.45) is 0 Å². The van der Waals surface area contributed by atoms with E-state index >= 15 is 0 Å². The first-order valence-corrected chi connectivity index (χ1v) is 8.28. The van der Waals surface area contributed by atoms with E-state index in [1.807, 2.05) is 36.4 Å². The highest BCUT2D eigenvalue weighted by Gasteiger charge is 2.41. The Labute approximate surface area is 148 Å². The average Bonchev–Trinajstić information content (AvgIpc) is 3.34. The number of ether oxygens (including phenoxy) is 1. The zero-order chi connectivity index (χ0) is 17.7. The Kier molecular flexibility index (Phi) is 3.12. The SMILES string of the molecule is O=C1C(=O)c2ccccc2C2=C1CC(c1cn(-c3ccccc3)nn1)O2. The fourth-order valence-electron chi connectivity index (χ4n) is 3.39. The van der Waals surface area contributed by atoms with Crippen molar-refractivity contribution >= 4 is 17.3 Å². The number of nitrogens with zero attached hydrogens (tertiary/aromatic N) is 3. The summed E-state index contributed by atoms with van der Waals surface area (Å²) in [6, 6.07) is 16.7. The molecule has 0 bridgehead atoms. The molecule has 1 unspecified atom stereocenters. The third-order valence-electron chi connectivity index (χ3n) is 4.68. The van der Waals surface area contributed by atoms with Gasteiger partial charge in [-0.2, -0.15) is 0 Å². The molecule has 26 heavy (non-hydrogen) atoms. The van der Waals surface area contributed by atoms with Crippen LogP contribution in [0.2, 0.25) is 0 Å². The molecule has 6 heteroatoms. The maximum absolute atomic E-state index is 12.4. The van der Waals surface area contributed by atoms with E-state index < -0.39 is 17.7 Å². The van der Waals surface area contributed by atoms with E-state index in [4.69, 9.17) is 4.74 Å². The van der Waals surface area contributed by atoms with Crippen LogP contribution in [0.1, 0.15) is 34.1 Å². The normalized spacial score (nSPS) is 18.5. The fraction of sp³-hybridized carbons (Fsp3) is 0.100. The summed E-state index contributed by atoms with van der Waals surface area (Å²) in [5.41, 5.74) is 3.00. The van der Waals surface area contributed by atoms with Crippen LogP contribution in [0.15, 0.2) is 66.4 Å². The van der Waals surface area contributed by atoms with E-state index in [1.165, 1.54) is 0 Å². The van der Waals surface area contributed by atoms with Crippen molar-refractivity contribution in [1.29, 1.82) is 0 Å². The monoisotopic (exact) mass is 343 g/mol. The van der Waals surface area contributed by atoms with Crippen molar-refractivity contribution in [2.75, 3.05) is 0 Å². The summed E-state index contributed by atoms with van der Waals surface area (Å²) in [7, 11) is 0. The van der Waals surface area contributed by atoms with E-state index in [0.717, 1.165) is 5.69 Å². The molecule has 2 heterocycles. The molecule has 2 aromatic carbocycles. The van der Waals surface area contributed by atoms with E-state index in [2.05, 4.69) is 10.3 Å². The van der Waals surface area contributed by atoms with Gasteiger partial charge in [0.1, 0.15) is 17.6 Å². The van der Waals surface area contributed by atoms with Gasteiger partial charge in [-0.3, -0.25) is 9.59 Å². The highest BCUT2D eigenvalue weighted by atomic mass is 16.5. The average molecular weight is 343 g/mol. The first-order valence-electron chi connectivity index (χ1n) is 8.28. The first-order chi connectivity index (χ1) is 12.7. The summed E-state index contributed by atoms with van der Waals surface area (Å²) in [6.45, 7) is 0. The number of carbonyl (C=O) groups excluding carboxylic acids is 2. The highest BCUT2D eigenvalue weighted by Crippen LogP contribution is 2.44. The molecule has 3 aromatic rings. The lowest BCUT2D eigenvalue weighted by atomic mass is 9.87. The highest BCUT2D eigenvalue weighted by molar-refractivity contribution is 6.52. The van der Waals surface area contributed by atoms with Crippen molar-refractivity contribution in [2.45, 2.75) is 12.5 Å². The molecule has 2 aliphatic rings. The van der Waals surface area contributed by atoms with Crippen molar-refractivity contribution in [3.8, 4) is 5.69 Å². The minimum Gasteiger partial charge on any atom is -0.483 e. The maximum Gasteiger partial charge on any atom is 0.234 e. The van der Waals surface area contributed by atoms with E-state index in [1.54, 1.807) is 29.1 Å². The van der Waals surface area contributed by atoms with Crippen LogP contribution in [0.4, 0.5) is 0 Å². The number of hydrogen-bond donors (Lipinski definition) is 0. The lowest BCUT2D eigenvalue weighted by Gasteiger charge is -2.15. The summed E-state index contributed by atoms with van der Waals surface area (Å²) in [5.74, 6) is -0.474. The summed E-state index contributed by atoms with van der Waals surface area (Å²) < 4.78 is 7.70. The number of carbonyl (C=O) groups is 2. The smallest absolute Gasteiger partial charge is 0.234 e. The Hall–Kier alpha value is -3.54. The minimum atomic E-state index is -0.489. The molecule has 0 fully saturated rings. The molecule has 126 valence electrons. The number of para-hydroxylation sites is 1. The van der Waals surface area contributed by atoms with Gasteiger partial charge >= 0.3 is 0 Å². The van der Waals surface area contributed by atoms with Gasteiger partial charge in [-0.15, -0.1) is 5.10 Å². The Morgan fingerprint density at radius 1 is 0.923 bits per heavy atom. The molecule has 1 aromatic heterocycles. The second-order valence-corrected chi connectivity index (χ2v) is 6.25. The van der Waals surface area contributed by atoms with Gasteiger partial charge in [-0.05, 0) is 12.1 Å². The van der Waals surface area contributed by atoms with Gasteiger partial charge in [-0.25, -0.2) is 4.68 Å². The predicted molar refractivity (Wildman–Crippen MR) is 92.5 cm³/mol. The van der Waals surface area contributed by atoms with Crippen LogP contribution >= 0.6 is 0 Å². The lowest BCUT2D eigenvalue weighted by Crippen LogP contribution is -2.22. The molecule has 1 atom stereocenters. The van der Waals surface area contributed by atoms with Crippen LogP contribution in [0.25, 0.3) is 11.4 Å². The summed E-state index contributed by atoms with van der Waals surface area (Å²) in [4.78, 5) is 24.8. The third-order valence-corrected chi connectivity index (χ3v) is 4.68. The third kappa shape index (κ3) is 2.12. The minimum absolute atomic E-state index is 0.321. The van der Waals surface area contributed by atoms with Crippen LogP contribution in [0.3, 0.4) is 0 Å². The molecule has 0 saturated heterocycles. The quantitative estimate of drug-likeness (QED) is 0.669. The molecule has 0 N–H and O–H groups in total. The zero-order valence-corrected chi connectivity index (χ0v) is 13.6. The molecule has 0 radical (unpaired) electrons. The Balaban J connectivity index is 1.49. The van der Waals surface area contributed by atoms with Crippen LogP contribution < -0.4 is 0 Å². The van der Waals surface area contributed by atoms with Crippen molar-refractivity contribution in [3.63, 3.8) is 0 Å². The Morgan fingerprint density at radius 3 is 2.46 bits per heavy atom. The number of ketones is 2. The molecular formula is C20H13N3O3. The van der Waals surface area contributed by atoms with Crippen molar-refractivity contribution in [3.05, 3.63) is 83.2 Å².